The van der Waals surface area contributed by atoms with E-state index in [4.69, 9.17) is 4.42 Å². The van der Waals surface area contributed by atoms with Crippen LogP contribution in [0.4, 0.5) is 0 Å². The lowest BCUT2D eigenvalue weighted by molar-refractivity contribution is -0.131. The highest BCUT2D eigenvalue weighted by molar-refractivity contribution is 7.18. The number of aromatic amines is 1. The maximum atomic E-state index is 12.7. The largest absolute Gasteiger partial charge is 0.424 e. The van der Waals surface area contributed by atoms with Crippen molar-refractivity contribution in [1.29, 1.82) is 0 Å². The summed E-state index contributed by atoms with van der Waals surface area (Å²) in [5.74, 6) is 1.69. The minimum atomic E-state index is -0.371. The number of hydrogen-bond acceptors (Lipinski definition) is 7. The van der Waals surface area contributed by atoms with Crippen LogP contribution in [-0.2, 0) is 23.1 Å². The van der Waals surface area contributed by atoms with Crippen molar-refractivity contribution in [1.82, 2.24) is 29.9 Å². The molecule has 2 saturated heterocycles. The molecule has 0 aliphatic carbocycles. The van der Waals surface area contributed by atoms with Gasteiger partial charge in [-0.2, -0.15) is 0 Å². The number of piperazine rings is 1. The van der Waals surface area contributed by atoms with E-state index < -0.39 is 0 Å². The molecule has 8 nitrogen and oxygen atoms in total. The Kier molecular flexibility index (Phi) is 8.76. The molecule has 2 fully saturated rings. The standard InChI is InChI=1S/C34H46N6O2S/c1-6-9-29-36-37-33(42-29)34(4,5)28-21-27-26(31(35-32(27)43-28)25-19-23(2)18-24(3)20-25)10-13-38-14-16-39(17-15-38)22-30(41)40-11-7-8-12-40/h18-21,35H,6-17,22H2,1-5H3. The van der Waals surface area contributed by atoms with Crippen molar-refractivity contribution in [3.05, 3.63) is 57.6 Å². The molecule has 0 atom stereocenters. The topological polar surface area (TPSA) is 81.5 Å². The number of thiophene rings is 1. The van der Waals surface area contributed by atoms with E-state index >= 15 is 0 Å². The number of benzene rings is 1. The number of hydrogen-bond donors (Lipinski definition) is 1. The molecule has 0 radical (unpaired) electrons. The van der Waals surface area contributed by atoms with Gasteiger partial charge in [-0.3, -0.25) is 9.69 Å². The number of fused-ring (bicyclic) bond motifs is 1. The van der Waals surface area contributed by atoms with Gasteiger partial charge in [0.25, 0.3) is 0 Å². The Morgan fingerprint density at radius 1 is 0.953 bits per heavy atom. The number of nitrogens with one attached hydrogen (secondary N) is 1. The molecule has 2 aliphatic heterocycles. The van der Waals surface area contributed by atoms with Crippen molar-refractivity contribution in [3.8, 4) is 11.3 Å². The average Bonchev–Trinajstić information content (AvgIpc) is 3.77. The van der Waals surface area contributed by atoms with Crippen LogP contribution in [0.15, 0.2) is 28.7 Å². The fraction of sp³-hybridized carbons (Fsp3) is 0.559. The van der Waals surface area contributed by atoms with Gasteiger partial charge in [0.2, 0.25) is 17.7 Å². The molecule has 2 aliphatic rings. The summed E-state index contributed by atoms with van der Waals surface area (Å²) in [6.07, 6.45) is 5.06. The van der Waals surface area contributed by atoms with E-state index in [1.807, 2.05) is 4.90 Å². The summed E-state index contributed by atoms with van der Waals surface area (Å²) >= 11 is 1.80. The number of aryl methyl sites for hydroxylation is 3. The van der Waals surface area contributed by atoms with Crippen molar-refractivity contribution < 1.29 is 9.21 Å². The van der Waals surface area contributed by atoms with Crippen molar-refractivity contribution in [2.75, 3.05) is 52.4 Å². The third-order valence-electron chi connectivity index (χ3n) is 9.15. The van der Waals surface area contributed by atoms with E-state index in [2.05, 4.69) is 83.9 Å². The minimum absolute atomic E-state index is 0.303. The number of amides is 1. The van der Waals surface area contributed by atoms with Crippen LogP contribution in [0.1, 0.15) is 73.4 Å². The SMILES string of the molecule is CCCc1nnc(C(C)(C)c2cc3c(CCN4CCN(CC(=O)N5CCCC5)CC4)c(-c4cc(C)cc(C)c4)[nH]c3s2)o1. The maximum absolute atomic E-state index is 12.7. The zero-order valence-electron chi connectivity index (χ0n) is 26.5. The van der Waals surface area contributed by atoms with Crippen molar-refractivity contribution >= 4 is 27.5 Å². The highest BCUT2D eigenvalue weighted by atomic mass is 32.1. The van der Waals surface area contributed by atoms with Crippen molar-refractivity contribution in [2.24, 2.45) is 0 Å². The first-order chi connectivity index (χ1) is 20.7. The maximum Gasteiger partial charge on any atom is 0.236 e. The van der Waals surface area contributed by atoms with Crippen molar-refractivity contribution in [2.45, 2.75) is 72.1 Å². The molecule has 5 heterocycles. The van der Waals surface area contributed by atoms with Crippen LogP contribution in [0.5, 0.6) is 0 Å². The number of aromatic nitrogens is 3. The molecule has 0 bridgehead atoms. The molecule has 1 amide bonds. The first-order valence-corrected chi connectivity index (χ1v) is 16.8. The summed E-state index contributed by atoms with van der Waals surface area (Å²) in [7, 11) is 0. The van der Waals surface area contributed by atoms with E-state index in [0.717, 1.165) is 77.9 Å². The number of likely N-dealkylation sites (tertiary alicyclic amines) is 1. The predicted octanol–water partition coefficient (Wildman–Crippen LogP) is 5.96. The zero-order valence-corrected chi connectivity index (χ0v) is 27.3. The van der Waals surface area contributed by atoms with E-state index in [0.29, 0.717) is 24.2 Å². The smallest absolute Gasteiger partial charge is 0.236 e. The minimum Gasteiger partial charge on any atom is -0.424 e. The molecule has 1 aromatic carbocycles. The fourth-order valence-corrected chi connectivity index (χ4v) is 7.77. The molecular formula is C34H46N6O2S. The molecule has 3 aromatic heterocycles. The Morgan fingerprint density at radius 2 is 1.65 bits per heavy atom. The average molecular weight is 603 g/mol. The van der Waals surface area contributed by atoms with Crippen molar-refractivity contribution in [3.63, 3.8) is 0 Å². The molecule has 0 saturated carbocycles. The van der Waals surface area contributed by atoms with Crippen LogP contribution in [0.3, 0.4) is 0 Å². The van der Waals surface area contributed by atoms with Crippen LogP contribution in [-0.4, -0.2) is 88.1 Å². The lowest BCUT2D eigenvalue weighted by atomic mass is 9.90. The summed E-state index contributed by atoms with van der Waals surface area (Å²) in [6, 6.07) is 9.17. The summed E-state index contributed by atoms with van der Waals surface area (Å²) < 4.78 is 6.09. The number of rotatable bonds is 10. The van der Waals surface area contributed by atoms with E-state index in [1.54, 1.807) is 11.3 Å². The second-order valence-corrected chi connectivity index (χ2v) is 14.1. The van der Waals surface area contributed by atoms with Gasteiger partial charge in [0.15, 0.2) is 0 Å². The van der Waals surface area contributed by atoms with Gasteiger partial charge >= 0.3 is 0 Å². The summed E-state index contributed by atoms with van der Waals surface area (Å²) in [6.45, 7) is 18.2. The van der Waals surface area contributed by atoms with E-state index in [1.165, 1.54) is 43.0 Å². The number of carbonyl (C=O) groups is 1. The molecule has 43 heavy (non-hydrogen) atoms. The fourth-order valence-electron chi connectivity index (χ4n) is 6.59. The summed E-state index contributed by atoms with van der Waals surface area (Å²) in [4.78, 5) is 25.9. The third-order valence-corrected chi connectivity index (χ3v) is 10.5. The van der Waals surface area contributed by atoms with Gasteiger partial charge in [-0.1, -0.05) is 24.1 Å². The van der Waals surface area contributed by atoms with E-state index in [9.17, 15) is 4.79 Å². The highest BCUT2D eigenvalue weighted by Crippen LogP contribution is 2.42. The molecule has 9 heteroatoms. The monoisotopic (exact) mass is 602 g/mol. The summed E-state index contributed by atoms with van der Waals surface area (Å²) in [5.41, 5.74) is 6.05. The molecule has 0 spiro atoms. The molecule has 1 N–H and O–H groups in total. The quantitative estimate of drug-likeness (QED) is 0.241. The lowest BCUT2D eigenvalue weighted by Gasteiger charge is -2.35. The van der Waals surface area contributed by atoms with Gasteiger partial charge in [0, 0.05) is 62.5 Å². The number of nitrogens with zero attached hydrogens (tertiary/aromatic N) is 5. The number of carbonyl (C=O) groups excluding carboxylic acids is 1. The van der Waals surface area contributed by atoms with Gasteiger partial charge in [0.05, 0.1) is 17.7 Å². The lowest BCUT2D eigenvalue weighted by Crippen LogP contribution is -2.50. The second-order valence-electron chi connectivity index (χ2n) is 13.0. The zero-order chi connectivity index (χ0) is 30.1. The van der Waals surface area contributed by atoms with Crippen LogP contribution in [0.2, 0.25) is 0 Å². The van der Waals surface area contributed by atoms with E-state index in [-0.39, 0.29) is 5.41 Å². The van der Waals surface area contributed by atoms with Gasteiger partial charge in [-0.25, -0.2) is 0 Å². The predicted molar refractivity (Wildman–Crippen MR) is 174 cm³/mol. The first kappa shape index (κ1) is 30.0. The normalized spacial score (nSPS) is 17.0. The number of H-pyrrole nitrogens is 1. The van der Waals surface area contributed by atoms with Crippen LogP contribution < -0.4 is 0 Å². The second kappa shape index (κ2) is 12.5. The van der Waals surface area contributed by atoms with Gasteiger partial charge in [-0.15, -0.1) is 21.5 Å². The highest BCUT2D eigenvalue weighted by Gasteiger charge is 2.33. The van der Waals surface area contributed by atoms with Gasteiger partial charge < -0.3 is 19.2 Å². The third kappa shape index (κ3) is 6.44. The van der Waals surface area contributed by atoms with Crippen LogP contribution in [0, 0.1) is 13.8 Å². The van der Waals surface area contributed by atoms with Gasteiger partial charge in [0.1, 0.15) is 4.83 Å². The Hall–Kier alpha value is -3.01. The Balaban J connectivity index is 1.22. The van der Waals surface area contributed by atoms with Crippen LogP contribution >= 0.6 is 11.3 Å². The summed E-state index contributed by atoms with van der Waals surface area (Å²) in [5, 5.41) is 10.0. The Morgan fingerprint density at radius 3 is 2.35 bits per heavy atom. The molecule has 230 valence electrons. The van der Waals surface area contributed by atoms with Gasteiger partial charge in [-0.05, 0) is 82.7 Å². The molecule has 4 aromatic rings. The Labute approximate surface area is 259 Å². The molecule has 0 unspecified atom stereocenters. The first-order valence-electron chi connectivity index (χ1n) is 16.0. The molecular weight excluding hydrogens is 556 g/mol. The van der Waals surface area contributed by atoms with Crippen LogP contribution in [0.25, 0.3) is 21.5 Å². The Bertz CT molecular complexity index is 1550. The molecule has 6 rings (SSSR count).